The number of hydrogen-bond acceptors (Lipinski definition) is 3. The zero-order valence-corrected chi connectivity index (χ0v) is 18.5. The van der Waals surface area contributed by atoms with Gasteiger partial charge >= 0.3 is 5.97 Å². The molecule has 1 amide bonds. The normalized spacial score (nSPS) is 17.2. The molecule has 1 aliphatic rings. The van der Waals surface area contributed by atoms with Crippen LogP contribution in [0.2, 0.25) is 10.0 Å². The van der Waals surface area contributed by atoms with Crippen molar-refractivity contribution in [3.8, 4) is 0 Å². The van der Waals surface area contributed by atoms with Gasteiger partial charge in [0.05, 0.1) is 12.8 Å². The van der Waals surface area contributed by atoms with Crippen LogP contribution in [-0.2, 0) is 29.0 Å². The Hall–Kier alpha value is -2.08. The summed E-state index contributed by atoms with van der Waals surface area (Å²) in [5, 5.41) is 10.4. The summed E-state index contributed by atoms with van der Waals surface area (Å²) in [6.07, 6.45) is 1.20. The average Bonchev–Trinajstić information content (AvgIpc) is 2.71. The quantitative estimate of drug-likeness (QED) is 0.686. The number of carbonyl (C=O) groups excluding carboxylic acids is 1. The molecule has 1 heterocycles. The van der Waals surface area contributed by atoms with Crippen LogP contribution in [0.25, 0.3) is 0 Å². The van der Waals surface area contributed by atoms with Gasteiger partial charge in [0, 0.05) is 42.3 Å². The van der Waals surface area contributed by atoms with E-state index in [9.17, 15) is 14.7 Å². The third kappa shape index (κ3) is 5.97. The first-order valence-electron chi connectivity index (χ1n) is 10.1. The van der Waals surface area contributed by atoms with Crippen LogP contribution >= 0.6 is 23.2 Å². The molecule has 160 valence electrons. The average molecular weight is 449 g/mol. The predicted octanol–water partition coefficient (Wildman–Crippen LogP) is 4.29. The van der Waals surface area contributed by atoms with Crippen molar-refractivity contribution in [2.24, 2.45) is 0 Å². The third-order valence-electron chi connectivity index (χ3n) is 5.53. The van der Waals surface area contributed by atoms with Crippen LogP contribution in [0.4, 0.5) is 0 Å². The monoisotopic (exact) mass is 448 g/mol. The molecule has 1 aliphatic heterocycles. The highest BCUT2D eigenvalue weighted by atomic mass is 35.5. The first-order chi connectivity index (χ1) is 14.4. The number of nitrogens with zero attached hydrogens (tertiary/aromatic N) is 2. The molecule has 0 aliphatic carbocycles. The SMILES string of the molecule is CC[C@H]1CN(Cc2cc(Cl)ccc2CC(=O)O)CCN1C(=O)Cc1ccc(Cl)cc1. The Kier molecular flexibility index (Phi) is 7.75. The fraction of sp³-hybridized carbons (Fsp3) is 0.391. The third-order valence-corrected chi connectivity index (χ3v) is 6.02. The van der Waals surface area contributed by atoms with Crippen LogP contribution in [0.5, 0.6) is 0 Å². The lowest BCUT2D eigenvalue weighted by atomic mass is 10.0. The molecule has 1 atom stereocenters. The molecule has 1 fully saturated rings. The van der Waals surface area contributed by atoms with Gasteiger partial charge < -0.3 is 10.0 Å². The van der Waals surface area contributed by atoms with E-state index >= 15 is 0 Å². The molecule has 0 saturated carbocycles. The summed E-state index contributed by atoms with van der Waals surface area (Å²) in [5.74, 6) is -0.735. The van der Waals surface area contributed by atoms with Crippen molar-refractivity contribution in [1.29, 1.82) is 0 Å². The van der Waals surface area contributed by atoms with Gasteiger partial charge in [0.1, 0.15) is 0 Å². The number of piperazine rings is 1. The summed E-state index contributed by atoms with van der Waals surface area (Å²) in [4.78, 5) is 28.3. The number of hydrogen-bond donors (Lipinski definition) is 1. The minimum absolute atomic E-state index is 0.0246. The summed E-state index contributed by atoms with van der Waals surface area (Å²) < 4.78 is 0. The number of benzene rings is 2. The topological polar surface area (TPSA) is 60.9 Å². The fourth-order valence-corrected chi connectivity index (χ4v) is 4.26. The van der Waals surface area contributed by atoms with E-state index < -0.39 is 5.97 Å². The lowest BCUT2D eigenvalue weighted by Crippen LogP contribution is -2.55. The van der Waals surface area contributed by atoms with Crippen LogP contribution in [0.3, 0.4) is 0 Å². The molecule has 0 aromatic heterocycles. The molecular weight excluding hydrogens is 423 g/mol. The highest BCUT2D eigenvalue weighted by molar-refractivity contribution is 6.30. The molecule has 0 radical (unpaired) electrons. The number of halogens is 2. The zero-order valence-electron chi connectivity index (χ0n) is 17.0. The van der Waals surface area contributed by atoms with Crippen LogP contribution in [-0.4, -0.2) is 52.5 Å². The molecule has 1 N–H and O–H groups in total. The Morgan fingerprint density at radius 3 is 2.37 bits per heavy atom. The minimum Gasteiger partial charge on any atom is -0.481 e. The minimum atomic E-state index is -0.859. The molecule has 1 saturated heterocycles. The molecular formula is C23H26Cl2N2O3. The van der Waals surface area contributed by atoms with E-state index in [-0.39, 0.29) is 18.4 Å². The number of carboxylic acid groups (broad SMARTS) is 1. The molecule has 2 aromatic rings. The number of rotatable bonds is 7. The van der Waals surface area contributed by atoms with Crippen molar-refractivity contribution >= 4 is 35.1 Å². The second-order valence-electron chi connectivity index (χ2n) is 7.67. The lowest BCUT2D eigenvalue weighted by Gasteiger charge is -2.41. The second kappa shape index (κ2) is 10.3. The van der Waals surface area contributed by atoms with Crippen LogP contribution in [0.1, 0.15) is 30.0 Å². The fourth-order valence-electron chi connectivity index (χ4n) is 3.94. The van der Waals surface area contributed by atoms with Crippen LogP contribution < -0.4 is 0 Å². The van der Waals surface area contributed by atoms with E-state index in [1.165, 1.54) is 0 Å². The van der Waals surface area contributed by atoms with Gasteiger partial charge in [-0.3, -0.25) is 14.5 Å². The van der Waals surface area contributed by atoms with Crippen LogP contribution in [0, 0.1) is 0 Å². The molecule has 3 rings (SSSR count). The molecule has 0 bridgehead atoms. The lowest BCUT2D eigenvalue weighted by molar-refractivity contribution is -0.137. The van der Waals surface area contributed by atoms with Gasteiger partial charge in [-0.25, -0.2) is 0 Å². The Balaban J connectivity index is 1.65. The number of carboxylic acids is 1. The van der Waals surface area contributed by atoms with Crippen molar-refractivity contribution in [3.05, 3.63) is 69.2 Å². The van der Waals surface area contributed by atoms with E-state index in [2.05, 4.69) is 11.8 Å². The Morgan fingerprint density at radius 2 is 1.70 bits per heavy atom. The molecule has 0 unspecified atom stereocenters. The smallest absolute Gasteiger partial charge is 0.307 e. The van der Waals surface area contributed by atoms with Crippen molar-refractivity contribution in [3.63, 3.8) is 0 Å². The Bertz CT molecular complexity index is 902. The first-order valence-corrected chi connectivity index (χ1v) is 10.9. The standard InChI is InChI=1S/C23H26Cl2N2O3/c1-2-21-15-26(14-18-12-20(25)8-5-17(18)13-23(29)30)9-10-27(21)22(28)11-16-3-6-19(24)7-4-16/h3-8,12,21H,2,9-11,13-15H2,1H3,(H,29,30)/t21-/m0/s1. The summed E-state index contributed by atoms with van der Waals surface area (Å²) >= 11 is 12.1. The van der Waals surface area contributed by atoms with E-state index in [0.29, 0.717) is 29.6 Å². The number of amides is 1. The largest absolute Gasteiger partial charge is 0.481 e. The van der Waals surface area contributed by atoms with Gasteiger partial charge in [-0.1, -0.05) is 48.3 Å². The molecule has 0 spiro atoms. The van der Waals surface area contributed by atoms with Crippen molar-refractivity contribution in [2.75, 3.05) is 19.6 Å². The van der Waals surface area contributed by atoms with Gasteiger partial charge in [-0.2, -0.15) is 0 Å². The van der Waals surface area contributed by atoms with Crippen LogP contribution in [0.15, 0.2) is 42.5 Å². The maximum absolute atomic E-state index is 12.9. The Morgan fingerprint density at radius 1 is 1.00 bits per heavy atom. The van der Waals surface area contributed by atoms with E-state index in [0.717, 1.165) is 36.2 Å². The van der Waals surface area contributed by atoms with Gasteiger partial charge in [-0.15, -0.1) is 0 Å². The summed E-state index contributed by atoms with van der Waals surface area (Å²) in [6.45, 7) is 4.86. The molecule has 30 heavy (non-hydrogen) atoms. The van der Waals surface area contributed by atoms with Gasteiger partial charge in [0.15, 0.2) is 0 Å². The molecule has 2 aromatic carbocycles. The van der Waals surface area contributed by atoms with E-state index in [4.69, 9.17) is 23.2 Å². The second-order valence-corrected chi connectivity index (χ2v) is 8.54. The molecule has 7 heteroatoms. The van der Waals surface area contributed by atoms with Gasteiger partial charge in [0.25, 0.3) is 0 Å². The van der Waals surface area contributed by atoms with E-state index in [1.807, 2.05) is 23.1 Å². The van der Waals surface area contributed by atoms with Gasteiger partial charge in [0.2, 0.25) is 5.91 Å². The highest BCUT2D eigenvalue weighted by Gasteiger charge is 2.29. The summed E-state index contributed by atoms with van der Waals surface area (Å²) in [7, 11) is 0. The van der Waals surface area contributed by atoms with Crippen molar-refractivity contribution in [2.45, 2.75) is 38.8 Å². The van der Waals surface area contributed by atoms with Crippen molar-refractivity contribution in [1.82, 2.24) is 9.80 Å². The number of aliphatic carboxylic acids is 1. The predicted molar refractivity (Wildman–Crippen MR) is 119 cm³/mol. The summed E-state index contributed by atoms with van der Waals surface area (Å²) in [6, 6.07) is 12.9. The summed E-state index contributed by atoms with van der Waals surface area (Å²) in [5.41, 5.74) is 2.67. The van der Waals surface area contributed by atoms with Gasteiger partial charge in [-0.05, 0) is 47.4 Å². The van der Waals surface area contributed by atoms with Crippen molar-refractivity contribution < 1.29 is 14.7 Å². The maximum atomic E-state index is 12.9. The number of carbonyl (C=O) groups is 2. The zero-order chi connectivity index (χ0) is 21.7. The maximum Gasteiger partial charge on any atom is 0.307 e. The first kappa shape index (κ1) is 22.6. The van der Waals surface area contributed by atoms with E-state index in [1.54, 1.807) is 24.3 Å². The Labute approximate surface area is 187 Å². The molecule has 5 nitrogen and oxygen atoms in total. The highest BCUT2D eigenvalue weighted by Crippen LogP contribution is 2.22.